The predicted octanol–water partition coefficient (Wildman–Crippen LogP) is 1.55. The molecular formula is C9H14N2. The number of allylic oxidation sites excluding steroid dienone is 1. The largest absolute Gasteiger partial charge is 0.306 e. The number of hydrogen-bond acceptors (Lipinski definition) is 2. The molecule has 2 nitrogen and oxygen atoms in total. The van der Waals surface area contributed by atoms with Gasteiger partial charge in [-0.25, -0.2) is 0 Å². The van der Waals surface area contributed by atoms with Gasteiger partial charge in [-0.15, -0.1) is 0 Å². The molecule has 1 saturated heterocycles. The smallest absolute Gasteiger partial charge is 0.0911 e. The maximum Gasteiger partial charge on any atom is 0.0911 e. The monoisotopic (exact) mass is 150 g/mol. The molecular weight excluding hydrogens is 136 g/mol. The van der Waals surface area contributed by atoms with Crippen molar-refractivity contribution in [2.45, 2.75) is 19.3 Å². The van der Waals surface area contributed by atoms with E-state index in [1.807, 2.05) is 0 Å². The summed E-state index contributed by atoms with van der Waals surface area (Å²) in [7, 11) is 2.13. The highest BCUT2D eigenvalue weighted by molar-refractivity contribution is 5.14. The van der Waals surface area contributed by atoms with Crippen molar-refractivity contribution in [2.24, 2.45) is 0 Å². The van der Waals surface area contributed by atoms with Gasteiger partial charge in [0.25, 0.3) is 0 Å². The van der Waals surface area contributed by atoms with Crippen molar-refractivity contribution < 1.29 is 0 Å². The van der Waals surface area contributed by atoms with Crippen LogP contribution in [0.2, 0.25) is 0 Å². The lowest BCUT2D eigenvalue weighted by molar-refractivity contribution is 0.351. The summed E-state index contributed by atoms with van der Waals surface area (Å²) < 4.78 is 0. The summed E-state index contributed by atoms with van der Waals surface area (Å²) in [6.07, 6.45) is 5.09. The lowest BCUT2D eigenvalue weighted by atomic mass is 10.1. The van der Waals surface area contributed by atoms with Crippen LogP contribution in [-0.4, -0.2) is 25.0 Å². The first-order chi connectivity index (χ1) is 5.33. The van der Waals surface area contributed by atoms with Crippen molar-refractivity contribution in [3.8, 4) is 6.07 Å². The lowest BCUT2D eigenvalue weighted by Crippen LogP contribution is -2.18. The van der Waals surface area contributed by atoms with Gasteiger partial charge in [0.15, 0.2) is 0 Å². The average Bonchev–Trinajstić information content (AvgIpc) is 2.17. The molecule has 0 aromatic heterocycles. The molecule has 0 aromatic carbocycles. The van der Waals surface area contributed by atoms with Crippen molar-refractivity contribution in [1.29, 1.82) is 5.26 Å². The summed E-state index contributed by atoms with van der Waals surface area (Å²) in [4.78, 5) is 2.32. The Kier molecular flexibility index (Phi) is 3.13. The first kappa shape index (κ1) is 8.29. The zero-order valence-electron chi connectivity index (χ0n) is 7.01. The Morgan fingerprint density at radius 1 is 1.45 bits per heavy atom. The first-order valence-electron chi connectivity index (χ1n) is 4.09. The van der Waals surface area contributed by atoms with Gasteiger partial charge in [0.05, 0.1) is 6.07 Å². The molecule has 0 radical (unpaired) electrons. The topological polar surface area (TPSA) is 27.0 Å². The van der Waals surface area contributed by atoms with E-state index < -0.39 is 0 Å². The van der Waals surface area contributed by atoms with Gasteiger partial charge >= 0.3 is 0 Å². The summed E-state index contributed by atoms with van der Waals surface area (Å²) in [5.41, 5.74) is 1.32. The molecule has 0 atom stereocenters. The van der Waals surface area contributed by atoms with Crippen molar-refractivity contribution in [3.05, 3.63) is 11.6 Å². The van der Waals surface area contributed by atoms with Crippen LogP contribution in [0.5, 0.6) is 0 Å². The van der Waals surface area contributed by atoms with E-state index >= 15 is 0 Å². The molecule has 0 N–H and O–H groups in total. The third-order valence-electron chi connectivity index (χ3n) is 2.12. The van der Waals surface area contributed by atoms with E-state index in [2.05, 4.69) is 18.0 Å². The van der Waals surface area contributed by atoms with Gasteiger partial charge in [-0.3, -0.25) is 0 Å². The fraction of sp³-hybridized carbons (Fsp3) is 0.667. The van der Waals surface area contributed by atoms with E-state index in [0.29, 0.717) is 0 Å². The number of hydrogen-bond donors (Lipinski definition) is 0. The molecule has 0 unspecified atom stereocenters. The Balaban J connectivity index is 2.48. The molecule has 1 aliphatic heterocycles. The van der Waals surface area contributed by atoms with Gasteiger partial charge < -0.3 is 4.90 Å². The van der Waals surface area contributed by atoms with Gasteiger partial charge in [-0.2, -0.15) is 5.26 Å². The van der Waals surface area contributed by atoms with E-state index in [0.717, 1.165) is 19.4 Å². The molecule has 0 amide bonds. The molecule has 0 aliphatic carbocycles. The molecule has 0 aromatic rings. The van der Waals surface area contributed by atoms with Crippen molar-refractivity contribution >= 4 is 0 Å². The predicted molar refractivity (Wildman–Crippen MR) is 45.0 cm³/mol. The van der Waals surface area contributed by atoms with Gasteiger partial charge in [-0.05, 0) is 32.9 Å². The number of nitriles is 1. The third kappa shape index (κ3) is 2.73. The quantitative estimate of drug-likeness (QED) is 0.490. The minimum atomic E-state index is 1.07. The summed E-state index contributed by atoms with van der Waals surface area (Å²) in [6.45, 7) is 2.27. The van der Waals surface area contributed by atoms with E-state index in [4.69, 9.17) is 5.26 Å². The normalized spacial score (nSPS) is 24.5. The molecule has 1 rings (SSSR count). The Morgan fingerprint density at radius 3 is 3.00 bits per heavy atom. The van der Waals surface area contributed by atoms with Gasteiger partial charge in [0.1, 0.15) is 0 Å². The molecule has 1 fully saturated rings. The second-order valence-electron chi connectivity index (χ2n) is 3.09. The molecule has 60 valence electrons. The van der Waals surface area contributed by atoms with Crippen LogP contribution in [0.25, 0.3) is 0 Å². The highest BCUT2D eigenvalue weighted by atomic mass is 15.1. The Hall–Kier alpha value is -0.810. The van der Waals surface area contributed by atoms with E-state index in [-0.39, 0.29) is 0 Å². The highest BCUT2D eigenvalue weighted by Gasteiger charge is 2.06. The van der Waals surface area contributed by atoms with Crippen LogP contribution < -0.4 is 0 Å². The van der Waals surface area contributed by atoms with Crippen LogP contribution in [-0.2, 0) is 0 Å². The maximum absolute atomic E-state index is 8.44. The summed E-state index contributed by atoms with van der Waals surface area (Å²) in [5.74, 6) is 0. The molecule has 1 aliphatic rings. The molecule has 0 spiro atoms. The van der Waals surface area contributed by atoms with Crippen LogP contribution in [0.1, 0.15) is 19.3 Å². The number of rotatable bonds is 0. The van der Waals surface area contributed by atoms with Crippen LogP contribution in [0.4, 0.5) is 0 Å². The average molecular weight is 150 g/mol. The lowest BCUT2D eigenvalue weighted by Gasteiger charge is -2.10. The van der Waals surface area contributed by atoms with Crippen molar-refractivity contribution in [2.75, 3.05) is 20.1 Å². The van der Waals surface area contributed by atoms with Gasteiger partial charge in [-0.1, -0.05) is 5.57 Å². The first-order valence-corrected chi connectivity index (χ1v) is 4.09. The van der Waals surface area contributed by atoms with Crippen LogP contribution in [0.15, 0.2) is 11.6 Å². The van der Waals surface area contributed by atoms with Crippen LogP contribution in [0, 0.1) is 11.3 Å². The van der Waals surface area contributed by atoms with Crippen LogP contribution >= 0.6 is 0 Å². The summed E-state index contributed by atoms with van der Waals surface area (Å²) in [6, 6.07) is 2.10. The maximum atomic E-state index is 8.44. The molecule has 0 saturated carbocycles. The second-order valence-corrected chi connectivity index (χ2v) is 3.09. The Labute approximate surface area is 68.1 Å². The number of nitrogens with zero attached hydrogens (tertiary/aromatic N) is 2. The van der Waals surface area contributed by atoms with E-state index in [9.17, 15) is 0 Å². The molecule has 1 heterocycles. The van der Waals surface area contributed by atoms with E-state index in [1.165, 1.54) is 18.5 Å². The zero-order valence-corrected chi connectivity index (χ0v) is 7.01. The highest BCUT2D eigenvalue weighted by Crippen LogP contribution is 2.14. The Morgan fingerprint density at radius 2 is 2.27 bits per heavy atom. The fourth-order valence-corrected chi connectivity index (χ4v) is 1.38. The molecule has 2 heteroatoms. The van der Waals surface area contributed by atoms with Gasteiger partial charge in [0.2, 0.25) is 0 Å². The van der Waals surface area contributed by atoms with Gasteiger partial charge in [0, 0.05) is 12.6 Å². The minimum Gasteiger partial charge on any atom is -0.306 e. The third-order valence-corrected chi connectivity index (χ3v) is 2.12. The van der Waals surface area contributed by atoms with Crippen molar-refractivity contribution in [3.63, 3.8) is 0 Å². The van der Waals surface area contributed by atoms with Crippen LogP contribution in [0.3, 0.4) is 0 Å². The second kappa shape index (κ2) is 4.15. The molecule has 0 bridgehead atoms. The zero-order chi connectivity index (χ0) is 8.10. The molecule has 11 heavy (non-hydrogen) atoms. The summed E-state index contributed by atoms with van der Waals surface area (Å²) >= 11 is 0. The van der Waals surface area contributed by atoms with Crippen molar-refractivity contribution in [1.82, 2.24) is 4.90 Å². The minimum absolute atomic E-state index is 1.07. The number of likely N-dealkylation sites (tertiary alicyclic amines) is 1. The van der Waals surface area contributed by atoms with E-state index in [1.54, 1.807) is 6.08 Å². The Bertz CT molecular complexity index is 188. The standard InChI is InChI=1S/C9H14N2/c1-11-7-2-3-9(4-6-10)5-8-11/h4H,2-3,5,7-8H2,1H3. The SMILES string of the molecule is CN1CCCC(=CC#N)CC1. The fourth-order valence-electron chi connectivity index (χ4n) is 1.38. The summed E-state index contributed by atoms with van der Waals surface area (Å²) in [5, 5.41) is 8.44.